The van der Waals surface area contributed by atoms with Gasteiger partial charge >= 0.3 is 236 Å². The topological polar surface area (TPSA) is 65.6 Å². The van der Waals surface area contributed by atoms with Crippen molar-refractivity contribution < 1.29 is 18.6 Å². The molecule has 0 aliphatic heterocycles. The Bertz CT molecular complexity index is 640. The molecule has 0 aromatic heterocycles. The zero-order valence-corrected chi connectivity index (χ0v) is 29.0. The summed E-state index contributed by atoms with van der Waals surface area (Å²) in [6.45, 7) is 31.4. The van der Waals surface area contributed by atoms with Gasteiger partial charge in [-0.15, -0.1) is 0 Å². The second kappa shape index (κ2) is 16.2. The summed E-state index contributed by atoms with van der Waals surface area (Å²) >= 11 is 0. The zero-order chi connectivity index (χ0) is 29.7. The quantitative estimate of drug-likeness (QED) is 0.114. The third-order valence-corrected chi connectivity index (χ3v) is 20.7. The summed E-state index contributed by atoms with van der Waals surface area (Å²) in [6.07, 6.45) is 5.30. The molecular formula is C28H64N4O4P2. The van der Waals surface area contributed by atoms with Crippen molar-refractivity contribution in [1.29, 1.82) is 0 Å². The van der Waals surface area contributed by atoms with Crippen LogP contribution in [0.15, 0.2) is 0 Å². The fourth-order valence-electron chi connectivity index (χ4n) is 6.59. The fraction of sp³-hybridized carbons (Fsp3) is 0.929. The van der Waals surface area contributed by atoms with Crippen LogP contribution in [0.5, 0.6) is 0 Å². The van der Waals surface area contributed by atoms with E-state index >= 15 is 0 Å². The molecule has 0 heterocycles. The first kappa shape index (κ1) is 37.6. The first-order chi connectivity index (χ1) is 17.8. The van der Waals surface area contributed by atoms with Crippen LogP contribution in [0.1, 0.15) is 94.9 Å². The Kier molecular flexibility index (Phi) is 16.0. The number of hydrogen-bond donors (Lipinski definition) is 0. The van der Waals surface area contributed by atoms with E-state index in [1.807, 2.05) is 0 Å². The summed E-state index contributed by atoms with van der Waals surface area (Å²) < 4.78 is 22.5. The van der Waals surface area contributed by atoms with Crippen molar-refractivity contribution in [2.75, 3.05) is 78.0 Å². The van der Waals surface area contributed by atoms with E-state index < -0.39 is 26.2 Å². The van der Waals surface area contributed by atoms with Crippen LogP contribution in [0.3, 0.4) is 0 Å². The molecule has 0 radical (unpaired) electrons. The van der Waals surface area contributed by atoms with E-state index in [1.54, 1.807) is 0 Å². The Labute approximate surface area is 236 Å². The van der Waals surface area contributed by atoms with Crippen LogP contribution in [0, 0.1) is 0 Å². The number of hydrogen-bond acceptors (Lipinski definition) is 8. The van der Waals surface area contributed by atoms with Crippen molar-refractivity contribution in [3.63, 3.8) is 0 Å². The van der Waals surface area contributed by atoms with Crippen LogP contribution < -0.4 is 0 Å². The van der Waals surface area contributed by atoms with E-state index in [1.165, 1.54) is 0 Å². The average molecular weight is 583 g/mol. The van der Waals surface area contributed by atoms with E-state index in [0.29, 0.717) is 0 Å². The maximum atomic E-state index is 14.0. The first-order valence-corrected chi connectivity index (χ1v) is 20.7. The molecule has 0 aromatic rings. The van der Waals surface area contributed by atoms with Crippen molar-refractivity contribution in [2.45, 2.75) is 94.9 Å². The normalized spacial score (nSPS) is 14.9. The molecule has 0 rings (SSSR count). The van der Waals surface area contributed by atoms with Crippen LogP contribution in [-0.4, -0.2) is 109 Å². The van der Waals surface area contributed by atoms with Gasteiger partial charge in [0.1, 0.15) is 0 Å². The Morgan fingerprint density at radius 3 is 0.842 bits per heavy atom. The predicted octanol–water partition coefficient (Wildman–Crippen LogP) is 6.90. The monoisotopic (exact) mass is 582 g/mol. The molecule has 0 unspecified atom stereocenters. The van der Waals surface area contributed by atoms with Crippen LogP contribution in [0.4, 0.5) is 0 Å². The first-order valence-electron chi connectivity index (χ1n) is 15.4. The van der Waals surface area contributed by atoms with E-state index in [2.05, 4.69) is 101 Å². The number of unbranched alkanes of at least 4 members (excludes halogenated alkanes) is 2. The maximum absolute atomic E-state index is 14.0. The van der Waals surface area contributed by atoms with Gasteiger partial charge in [-0.05, 0) is 0 Å². The zero-order valence-electron chi connectivity index (χ0n) is 27.2. The minimum atomic E-state index is -3.42. The standard InChI is InChI=1S/C28H64N4O4P2/c1-13-23-25-37(11,29(15-3)16-4,30(17-5)18-6)35-27(33)28(34)36-38(12,26-24-14-2,31(19-7)20-8)32(21-9)22-10/h13-26H2,1-12H3. The summed E-state index contributed by atoms with van der Waals surface area (Å²) in [5.41, 5.74) is 0. The molecule has 10 heteroatoms. The summed E-state index contributed by atoms with van der Waals surface area (Å²) in [5.74, 6) is -1.68. The van der Waals surface area contributed by atoms with Crippen molar-refractivity contribution in [2.24, 2.45) is 0 Å². The van der Waals surface area contributed by atoms with Crippen molar-refractivity contribution in [1.82, 2.24) is 18.7 Å². The molecule has 0 aromatic carbocycles. The Balaban J connectivity index is 6.92. The molecule has 0 atom stereocenters. The van der Waals surface area contributed by atoms with Gasteiger partial charge in [0.05, 0.1) is 0 Å². The average Bonchev–Trinajstić information content (AvgIpc) is 2.89. The number of nitrogens with zero attached hydrogens (tertiary/aromatic N) is 4. The van der Waals surface area contributed by atoms with Crippen LogP contribution in [-0.2, 0) is 18.6 Å². The van der Waals surface area contributed by atoms with Gasteiger partial charge < -0.3 is 0 Å². The van der Waals surface area contributed by atoms with Gasteiger partial charge in [-0.2, -0.15) is 0 Å². The Hall–Kier alpha value is -0.360. The summed E-state index contributed by atoms with van der Waals surface area (Å²) in [6, 6.07) is 0. The number of carbonyl (C=O) groups is 2. The van der Waals surface area contributed by atoms with Gasteiger partial charge in [0.2, 0.25) is 0 Å². The molecule has 0 bridgehead atoms. The molecule has 0 aliphatic carbocycles. The third kappa shape index (κ3) is 7.47. The number of carbonyl (C=O) groups excluding carboxylic acids is 2. The Morgan fingerprint density at radius 1 is 0.474 bits per heavy atom. The summed E-state index contributed by atoms with van der Waals surface area (Å²) in [7, 11) is -6.85. The molecule has 0 fully saturated rings. The van der Waals surface area contributed by atoms with Crippen molar-refractivity contribution >= 4 is 26.2 Å². The molecule has 0 saturated heterocycles. The van der Waals surface area contributed by atoms with E-state index in [4.69, 9.17) is 9.05 Å². The van der Waals surface area contributed by atoms with Gasteiger partial charge in [0.15, 0.2) is 0 Å². The summed E-state index contributed by atoms with van der Waals surface area (Å²) in [4.78, 5) is 27.9. The van der Waals surface area contributed by atoms with E-state index in [0.717, 1.165) is 90.4 Å². The van der Waals surface area contributed by atoms with Crippen LogP contribution in [0.25, 0.3) is 0 Å². The van der Waals surface area contributed by atoms with E-state index in [9.17, 15) is 9.59 Å². The molecule has 230 valence electrons. The molecule has 38 heavy (non-hydrogen) atoms. The van der Waals surface area contributed by atoms with Gasteiger partial charge in [0.25, 0.3) is 0 Å². The van der Waals surface area contributed by atoms with Gasteiger partial charge in [-0.3, -0.25) is 0 Å². The summed E-state index contributed by atoms with van der Waals surface area (Å²) in [5, 5.41) is 0. The fourth-order valence-corrected chi connectivity index (χ4v) is 18.0. The second-order valence-electron chi connectivity index (χ2n) is 10.6. The molecular weight excluding hydrogens is 518 g/mol. The molecule has 0 aliphatic rings. The minimum absolute atomic E-state index is 0.738. The SMILES string of the molecule is CCCCP(C)(OC(=O)C(=O)OP(C)(CCCC)(N(CC)CC)N(CC)CC)(N(CC)CC)N(CC)CC. The molecule has 0 spiro atoms. The van der Waals surface area contributed by atoms with Crippen molar-refractivity contribution in [3.05, 3.63) is 0 Å². The van der Waals surface area contributed by atoms with Crippen molar-refractivity contribution in [3.8, 4) is 0 Å². The number of rotatable bonds is 20. The Morgan fingerprint density at radius 2 is 0.684 bits per heavy atom. The van der Waals surface area contributed by atoms with Gasteiger partial charge in [-0.25, -0.2) is 0 Å². The predicted molar refractivity (Wildman–Crippen MR) is 169 cm³/mol. The van der Waals surface area contributed by atoms with E-state index in [-0.39, 0.29) is 0 Å². The van der Waals surface area contributed by atoms with Crippen LogP contribution >= 0.6 is 14.3 Å². The molecule has 0 N–H and O–H groups in total. The van der Waals surface area contributed by atoms with Gasteiger partial charge in [0, 0.05) is 0 Å². The second-order valence-corrected chi connectivity index (χ2v) is 20.4. The van der Waals surface area contributed by atoms with Gasteiger partial charge in [-0.1, -0.05) is 0 Å². The third-order valence-electron chi connectivity index (χ3n) is 8.68. The molecule has 0 amide bonds. The van der Waals surface area contributed by atoms with Crippen LogP contribution in [0.2, 0.25) is 0 Å². The molecule has 0 saturated carbocycles. The molecule has 8 nitrogen and oxygen atoms in total.